The normalized spacial score (nSPS) is 22.5. The Kier molecular flexibility index (Phi) is 5.65. The lowest BCUT2D eigenvalue weighted by atomic mass is 10.1. The topological polar surface area (TPSA) is 44.4 Å². The van der Waals surface area contributed by atoms with Crippen LogP contribution in [0.5, 0.6) is 0 Å². The van der Waals surface area contributed by atoms with Gasteiger partial charge in [0.25, 0.3) is 0 Å². The standard InChI is InChI=1S/C11H23N3O/c1-3-14(9-11(15)12-2)10-5-4-7-13-8-6-10/h10,13H,3-9H2,1-2H3,(H,12,15). The van der Waals surface area contributed by atoms with E-state index in [0.717, 1.165) is 26.1 Å². The number of nitrogens with zero attached hydrogens (tertiary/aromatic N) is 1. The number of likely N-dealkylation sites (N-methyl/N-ethyl adjacent to an activating group) is 2. The first-order valence-corrected chi connectivity index (χ1v) is 5.93. The number of carbonyl (C=O) groups excluding carboxylic acids is 1. The summed E-state index contributed by atoms with van der Waals surface area (Å²) in [6, 6.07) is 0.572. The number of carbonyl (C=O) groups is 1. The van der Waals surface area contributed by atoms with Crippen LogP contribution in [0.15, 0.2) is 0 Å². The summed E-state index contributed by atoms with van der Waals surface area (Å²) in [7, 11) is 1.70. The molecule has 1 saturated heterocycles. The molecule has 0 aromatic heterocycles. The fourth-order valence-electron chi connectivity index (χ4n) is 2.13. The third-order valence-electron chi connectivity index (χ3n) is 3.09. The van der Waals surface area contributed by atoms with Gasteiger partial charge in [0, 0.05) is 13.1 Å². The Morgan fingerprint density at radius 2 is 2.27 bits per heavy atom. The molecule has 1 amide bonds. The Morgan fingerprint density at radius 1 is 1.47 bits per heavy atom. The van der Waals surface area contributed by atoms with Crippen molar-refractivity contribution in [3.63, 3.8) is 0 Å². The maximum absolute atomic E-state index is 11.3. The molecule has 0 aromatic rings. The highest BCUT2D eigenvalue weighted by molar-refractivity contribution is 5.77. The summed E-state index contributed by atoms with van der Waals surface area (Å²) in [6.45, 7) is 5.82. The molecule has 0 radical (unpaired) electrons. The van der Waals surface area contributed by atoms with Gasteiger partial charge in [-0.05, 0) is 38.9 Å². The lowest BCUT2D eigenvalue weighted by molar-refractivity contribution is -0.122. The molecular weight excluding hydrogens is 190 g/mol. The molecule has 1 aliphatic heterocycles. The van der Waals surface area contributed by atoms with E-state index in [1.165, 1.54) is 12.8 Å². The maximum Gasteiger partial charge on any atom is 0.233 e. The van der Waals surface area contributed by atoms with Crippen LogP contribution in [0, 0.1) is 0 Å². The lowest BCUT2D eigenvalue weighted by Gasteiger charge is -2.28. The first kappa shape index (κ1) is 12.5. The van der Waals surface area contributed by atoms with E-state index in [2.05, 4.69) is 22.5 Å². The number of nitrogens with one attached hydrogen (secondary N) is 2. The van der Waals surface area contributed by atoms with Crippen molar-refractivity contribution in [1.29, 1.82) is 0 Å². The zero-order valence-corrected chi connectivity index (χ0v) is 9.88. The Balaban J connectivity index is 2.44. The minimum atomic E-state index is 0.119. The van der Waals surface area contributed by atoms with Crippen molar-refractivity contribution in [3.8, 4) is 0 Å². The molecule has 1 rings (SSSR count). The van der Waals surface area contributed by atoms with Gasteiger partial charge in [0.1, 0.15) is 0 Å². The summed E-state index contributed by atoms with van der Waals surface area (Å²) in [5.74, 6) is 0.119. The molecular formula is C11H23N3O. The molecule has 1 aliphatic rings. The Morgan fingerprint density at radius 3 is 2.93 bits per heavy atom. The Bertz CT molecular complexity index is 188. The summed E-state index contributed by atoms with van der Waals surface area (Å²) >= 11 is 0. The van der Waals surface area contributed by atoms with Crippen LogP contribution in [0.1, 0.15) is 26.2 Å². The molecule has 0 saturated carbocycles. The Hall–Kier alpha value is -0.610. The van der Waals surface area contributed by atoms with Crippen molar-refractivity contribution >= 4 is 5.91 Å². The van der Waals surface area contributed by atoms with E-state index in [9.17, 15) is 4.79 Å². The third kappa shape index (κ3) is 4.18. The largest absolute Gasteiger partial charge is 0.358 e. The molecule has 1 heterocycles. The van der Waals surface area contributed by atoms with Crippen LogP contribution in [-0.2, 0) is 4.79 Å². The zero-order chi connectivity index (χ0) is 11.1. The summed E-state index contributed by atoms with van der Waals surface area (Å²) in [4.78, 5) is 13.6. The van der Waals surface area contributed by atoms with Gasteiger partial charge in [-0.3, -0.25) is 9.69 Å². The summed E-state index contributed by atoms with van der Waals surface area (Å²) in [5, 5.41) is 6.08. The average Bonchev–Trinajstić information content (AvgIpc) is 2.54. The van der Waals surface area contributed by atoms with Crippen molar-refractivity contribution in [3.05, 3.63) is 0 Å². The molecule has 4 nitrogen and oxygen atoms in total. The van der Waals surface area contributed by atoms with Crippen LogP contribution >= 0.6 is 0 Å². The van der Waals surface area contributed by atoms with E-state index < -0.39 is 0 Å². The van der Waals surface area contributed by atoms with Crippen molar-refractivity contribution in [1.82, 2.24) is 15.5 Å². The van der Waals surface area contributed by atoms with Crippen LogP contribution in [0.2, 0.25) is 0 Å². The lowest BCUT2D eigenvalue weighted by Crippen LogP contribution is -2.42. The van der Waals surface area contributed by atoms with E-state index in [1.807, 2.05) is 0 Å². The third-order valence-corrected chi connectivity index (χ3v) is 3.09. The van der Waals surface area contributed by atoms with Crippen LogP contribution in [0.4, 0.5) is 0 Å². The number of hydrogen-bond donors (Lipinski definition) is 2. The monoisotopic (exact) mass is 213 g/mol. The first-order valence-electron chi connectivity index (χ1n) is 5.93. The molecule has 1 atom stereocenters. The smallest absolute Gasteiger partial charge is 0.233 e. The highest BCUT2D eigenvalue weighted by Gasteiger charge is 2.20. The summed E-state index contributed by atoms with van der Waals surface area (Å²) in [5.41, 5.74) is 0. The van der Waals surface area contributed by atoms with Gasteiger partial charge in [-0.1, -0.05) is 6.92 Å². The molecule has 88 valence electrons. The predicted molar refractivity (Wildman–Crippen MR) is 61.8 cm³/mol. The van der Waals surface area contributed by atoms with E-state index in [0.29, 0.717) is 12.6 Å². The molecule has 15 heavy (non-hydrogen) atoms. The average molecular weight is 213 g/mol. The predicted octanol–water partition coefficient (Wildman–Crippen LogP) is 0.196. The second-order valence-corrected chi connectivity index (χ2v) is 4.07. The maximum atomic E-state index is 11.3. The van der Waals surface area contributed by atoms with E-state index in [4.69, 9.17) is 0 Å². The molecule has 0 spiro atoms. The van der Waals surface area contributed by atoms with Gasteiger partial charge in [0.15, 0.2) is 0 Å². The van der Waals surface area contributed by atoms with Crippen LogP contribution in [-0.4, -0.2) is 50.1 Å². The first-order chi connectivity index (χ1) is 7.27. The van der Waals surface area contributed by atoms with Gasteiger partial charge in [0.2, 0.25) is 5.91 Å². The fourth-order valence-corrected chi connectivity index (χ4v) is 2.13. The number of amides is 1. The van der Waals surface area contributed by atoms with Gasteiger partial charge in [-0.15, -0.1) is 0 Å². The Labute approximate surface area is 92.4 Å². The molecule has 4 heteroatoms. The summed E-state index contributed by atoms with van der Waals surface area (Å²) < 4.78 is 0. The van der Waals surface area contributed by atoms with E-state index in [-0.39, 0.29) is 5.91 Å². The van der Waals surface area contributed by atoms with Gasteiger partial charge in [-0.25, -0.2) is 0 Å². The highest BCUT2D eigenvalue weighted by atomic mass is 16.1. The molecule has 1 fully saturated rings. The van der Waals surface area contributed by atoms with Crippen molar-refractivity contribution < 1.29 is 4.79 Å². The van der Waals surface area contributed by atoms with Gasteiger partial charge < -0.3 is 10.6 Å². The molecule has 0 aliphatic carbocycles. The number of rotatable bonds is 4. The quantitative estimate of drug-likeness (QED) is 0.701. The van der Waals surface area contributed by atoms with Crippen molar-refractivity contribution in [2.75, 3.05) is 33.2 Å². The van der Waals surface area contributed by atoms with Crippen molar-refractivity contribution in [2.45, 2.75) is 32.2 Å². The van der Waals surface area contributed by atoms with Crippen molar-refractivity contribution in [2.24, 2.45) is 0 Å². The fraction of sp³-hybridized carbons (Fsp3) is 0.909. The van der Waals surface area contributed by atoms with Gasteiger partial charge >= 0.3 is 0 Å². The van der Waals surface area contributed by atoms with Crippen LogP contribution in [0.3, 0.4) is 0 Å². The van der Waals surface area contributed by atoms with E-state index in [1.54, 1.807) is 7.05 Å². The SMILES string of the molecule is CCN(CC(=O)NC)C1CCCNCC1. The van der Waals surface area contributed by atoms with Gasteiger partial charge in [0.05, 0.1) is 6.54 Å². The molecule has 1 unspecified atom stereocenters. The molecule has 0 aromatic carbocycles. The van der Waals surface area contributed by atoms with Crippen LogP contribution < -0.4 is 10.6 Å². The minimum Gasteiger partial charge on any atom is -0.358 e. The highest BCUT2D eigenvalue weighted by Crippen LogP contribution is 2.12. The summed E-state index contributed by atoms with van der Waals surface area (Å²) in [6.07, 6.45) is 3.58. The second-order valence-electron chi connectivity index (χ2n) is 4.07. The zero-order valence-electron chi connectivity index (χ0n) is 9.88. The van der Waals surface area contributed by atoms with E-state index >= 15 is 0 Å². The molecule has 0 bridgehead atoms. The minimum absolute atomic E-state index is 0.119. The number of hydrogen-bond acceptors (Lipinski definition) is 3. The van der Waals surface area contributed by atoms with Crippen LogP contribution in [0.25, 0.3) is 0 Å². The molecule has 2 N–H and O–H groups in total. The van der Waals surface area contributed by atoms with Gasteiger partial charge in [-0.2, -0.15) is 0 Å². The second kappa shape index (κ2) is 6.80.